The molecular weight excluding hydrogens is 280 g/mol. The maximum Gasteiger partial charge on any atom is 0.256 e. The summed E-state index contributed by atoms with van der Waals surface area (Å²) < 4.78 is 5.01. The third-order valence-corrected chi connectivity index (χ3v) is 5.40. The minimum absolute atomic E-state index is 0.00581. The second-order valence-electron chi connectivity index (χ2n) is 6.62. The summed E-state index contributed by atoms with van der Waals surface area (Å²) in [5, 5.41) is 0. The molecule has 1 aromatic heterocycles. The van der Waals surface area contributed by atoms with E-state index < -0.39 is 0 Å². The minimum Gasteiger partial charge on any atom is -0.472 e. The summed E-state index contributed by atoms with van der Waals surface area (Å²) in [5.74, 6) is 0.266. The first-order chi connectivity index (χ1) is 10.6. The lowest BCUT2D eigenvalue weighted by atomic mass is 9.74. The first kappa shape index (κ1) is 15.1. The van der Waals surface area contributed by atoms with E-state index in [1.807, 2.05) is 18.9 Å². The number of likely N-dealkylation sites (tertiary alicyclic amines) is 1. The number of carbonyl (C=O) groups is 2. The first-order valence-corrected chi connectivity index (χ1v) is 8.14. The number of furan rings is 1. The van der Waals surface area contributed by atoms with Gasteiger partial charge in [0.15, 0.2) is 0 Å². The number of carbonyl (C=O) groups excluding carboxylic acids is 2. The van der Waals surface area contributed by atoms with Crippen molar-refractivity contribution in [1.82, 2.24) is 9.80 Å². The number of hydrogen-bond acceptors (Lipinski definition) is 3. The van der Waals surface area contributed by atoms with E-state index in [4.69, 9.17) is 4.42 Å². The average molecular weight is 304 g/mol. The van der Waals surface area contributed by atoms with Gasteiger partial charge in [0.2, 0.25) is 5.91 Å². The topological polar surface area (TPSA) is 53.8 Å². The van der Waals surface area contributed by atoms with Crippen molar-refractivity contribution in [2.45, 2.75) is 45.1 Å². The zero-order valence-corrected chi connectivity index (χ0v) is 13.4. The predicted octanol–water partition coefficient (Wildman–Crippen LogP) is 2.53. The van der Waals surface area contributed by atoms with Gasteiger partial charge in [0.25, 0.3) is 5.91 Å². The zero-order valence-electron chi connectivity index (χ0n) is 13.4. The van der Waals surface area contributed by atoms with Crippen LogP contribution in [0.5, 0.6) is 0 Å². The van der Waals surface area contributed by atoms with Crippen LogP contribution >= 0.6 is 0 Å². The fourth-order valence-electron chi connectivity index (χ4n) is 4.38. The standard InChI is InChI=1S/C17H24N2O3/c1-3-19-14-5-4-8-17(14,9-6-15(19)20)12-18(2)16(21)13-7-10-22-11-13/h7,10-11,14H,3-6,8-9,12H2,1-2H3. The molecule has 5 nitrogen and oxygen atoms in total. The Balaban J connectivity index is 1.77. The van der Waals surface area contributed by atoms with Gasteiger partial charge in [0.05, 0.1) is 11.8 Å². The molecule has 2 fully saturated rings. The molecule has 1 aliphatic carbocycles. The molecule has 0 aromatic carbocycles. The Morgan fingerprint density at radius 2 is 2.32 bits per heavy atom. The van der Waals surface area contributed by atoms with E-state index in [9.17, 15) is 9.59 Å². The van der Waals surface area contributed by atoms with Gasteiger partial charge in [0, 0.05) is 38.0 Å². The van der Waals surface area contributed by atoms with E-state index in [-0.39, 0.29) is 17.2 Å². The summed E-state index contributed by atoms with van der Waals surface area (Å²) >= 11 is 0. The lowest BCUT2D eigenvalue weighted by Gasteiger charge is -2.47. The van der Waals surface area contributed by atoms with Crippen molar-refractivity contribution in [3.63, 3.8) is 0 Å². The van der Waals surface area contributed by atoms with Crippen LogP contribution in [0.2, 0.25) is 0 Å². The van der Waals surface area contributed by atoms with Crippen LogP contribution in [0.3, 0.4) is 0 Å². The van der Waals surface area contributed by atoms with Crippen LogP contribution in [-0.2, 0) is 4.79 Å². The van der Waals surface area contributed by atoms with Gasteiger partial charge in [-0.25, -0.2) is 0 Å². The van der Waals surface area contributed by atoms with Crippen LogP contribution in [0.25, 0.3) is 0 Å². The fourth-order valence-corrected chi connectivity index (χ4v) is 4.38. The lowest BCUT2D eigenvalue weighted by molar-refractivity contribution is -0.141. The average Bonchev–Trinajstić information content (AvgIpc) is 3.16. The Morgan fingerprint density at radius 3 is 3.00 bits per heavy atom. The van der Waals surface area contributed by atoms with Gasteiger partial charge in [-0.1, -0.05) is 6.42 Å². The molecular formula is C17H24N2O3. The maximum atomic E-state index is 12.5. The molecule has 0 bridgehead atoms. The molecule has 0 spiro atoms. The van der Waals surface area contributed by atoms with E-state index in [1.54, 1.807) is 11.0 Å². The molecule has 2 unspecified atom stereocenters. The predicted molar refractivity (Wildman–Crippen MR) is 82.4 cm³/mol. The molecule has 22 heavy (non-hydrogen) atoms. The summed E-state index contributed by atoms with van der Waals surface area (Å²) in [6.07, 6.45) is 7.83. The SMILES string of the molecule is CCN1C(=O)CCC2(CN(C)C(=O)c3ccoc3)CCCC12. The van der Waals surface area contributed by atoms with E-state index in [0.29, 0.717) is 24.6 Å². The number of nitrogens with zero attached hydrogens (tertiary/aromatic N) is 2. The highest BCUT2D eigenvalue weighted by Gasteiger charge is 2.50. The molecule has 120 valence electrons. The number of fused-ring (bicyclic) bond motifs is 1. The quantitative estimate of drug-likeness (QED) is 0.859. The maximum absolute atomic E-state index is 12.5. The molecule has 3 rings (SSSR count). The molecule has 2 amide bonds. The number of hydrogen-bond donors (Lipinski definition) is 0. The largest absolute Gasteiger partial charge is 0.472 e. The van der Waals surface area contributed by atoms with Gasteiger partial charge in [-0.2, -0.15) is 0 Å². The van der Waals surface area contributed by atoms with Crippen molar-refractivity contribution < 1.29 is 14.0 Å². The van der Waals surface area contributed by atoms with Crippen molar-refractivity contribution in [2.75, 3.05) is 20.1 Å². The molecule has 1 aliphatic heterocycles. The van der Waals surface area contributed by atoms with Crippen molar-refractivity contribution in [3.8, 4) is 0 Å². The Kier molecular flexibility index (Phi) is 3.98. The van der Waals surface area contributed by atoms with Gasteiger partial charge in [0.1, 0.15) is 6.26 Å². The highest BCUT2D eigenvalue weighted by atomic mass is 16.3. The smallest absolute Gasteiger partial charge is 0.256 e. The molecule has 1 aromatic rings. The Morgan fingerprint density at radius 1 is 1.50 bits per heavy atom. The Hall–Kier alpha value is -1.78. The second-order valence-corrected chi connectivity index (χ2v) is 6.62. The van der Waals surface area contributed by atoms with E-state index >= 15 is 0 Å². The van der Waals surface area contributed by atoms with E-state index in [0.717, 1.165) is 32.2 Å². The van der Waals surface area contributed by atoms with Crippen molar-refractivity contribution >= 4 is 11.8 Å². The van der Waals surface area contributed by atoms with Crippen molar-refractivity contribution in [1.29, 1.82) is 0 Å². The number of piperidine rings is 1. The molecule has 2 heterocycles. The minimum atomic E-state index is -0.00581. The summed E-state index contributed by atoms with van der Waals surface area (Å²) in [6, 6.07) is 1.99. The van der Waals surface area contributed by atoms with Crippen LogP contribution in [0, 0.1) is 5.41 Å². The normalized spacial score (nSPS) is 27.8. The molecule has 0 radical (unpaired) electrons. The van der Waals surface area contributed by atoms with Gasteiger partial charge in [-0.15, -0.1) is 0 Å². The van der Waals surface area contributed by atoms with Gasteiger partial charge < -0.3 is 14.2 Å². The highest BCUT2D eigenvalue weighted by molar-refractivity contribution is 5.93. The summed E-state index contributed by atoms with van der Waals surface area (Å²) in [7, 11) is 1.85. The van der Waals surface area contributed by atoms with E-state index in [1.165, 1.54) is 12.5 Å². The van der Waals surface area contributed by atoms with Crippen LogP contribution in [0.4, 0.5) is 0 Å². The Labute approximate surface area is 131 Å². The van der Waals surface area contributed by atoms with Crippen LogP contribution in [-0.4, -0.2) is 47.8 Å². The lowest BCUT2D eigenvalue weighted by Crippen LogP contribution is -2.56. The second kappa shape index (κ2) is 5.78. The summed E-state index contributed by atoms with van der Waals surface area (Å²) in [4.78, 5) is 28.4. The van der Waals surface area contributed by atoms with Crippen molar-refractivity contribution in [3.05, 3.63) is 24.2 Å². The Bertz CT molecular complexity index is 554. The van der Waals surface area contributed by atoms with Crippen molar-refractivity contribution in [2.24, 2.45) is 5.41 Å². The number of amides is 2. The van der Waals surface area contributed by atoms with Gasteiger partial charge in [-0.3, -0.25) is 9.59 Å². The van der Waals surface area contributed by atoms with E-state index in [2.05, 4.69) is 0 Å². The summed E-state index contributed by atoms with van der Waals surface area (Å²) in [6.45, 7) is 3.53. The van der Waals surface area contributed by atoms with Crippen LogP contribution in [0.1, 0.15) is 49.4 Å². The molecule has 5 heteroatoms. The highest BCUT2D eigenvalue weighted by Crippen LogP contribution is 2.48. The third-order valence-electron chi connectivity index (χ3n) is 5.40. The van der Waals surface area contributed by atoms with Crippen LogP contribution in [0.15, 0.2) is 23.0 Å². The third kappa shape index (κ3) is 2.42. The molecule has 1 saturated heterocycles. The van der Waals surface area contributed by atoms with Gasteiger partial charge in [-0.05, 0) is 32.3 Å². The molecule has 1 saturated carbocycles. The monoisotopic (exact) mass is 304 g/mol. The van der Waals surface area contributed by atoms with Crippen LogP contribution < -0.4 is 0 Å². The zero-order chi connectivity index (χ0) is 15.7. The molecule has 2 atom stereocenters. The fraction of sp³-hybridized carbons (Fsp3) is 0.647. The molecule has 0 N–H and O–H groups in total. The molecule has 2 aliphatic rings. The van der Waals surface area contributed by atoms with Gasteiger partial charge >= 0.3 is 0 Å². The number of rotatable bonds is 4. The first-order valence-electron chi connectivity index (χ1n) is 8.14. The summed E-state index contributed by atoms with van der Waals surface area (Å²) in [5.41, 5.74) is 0.658.